The highest BCUT2D eigenvalue weighted by atomic mass is 32.1. The molecule has 0 unspecified atom stereocenters. The van der Waals surface area contributed by atoms with Crippen LogP contribution in [-0.2, 0) is 0 Å². The first-order valence-electron chi connectivity index (χ1n) is 5.77. The zero-order valence-corrected chi connectivity index (χ0v) is 10.9. The monoisotopic (exact) mass is 261 g/mol. The predicted molar refractivity (Wildman–Crippen MR) is 73.8 cm³/mol. The van der Waals surface area contributed by atoms with E-state index in [0.29, 0.717) is 4.88 Å². The molecular weight excluding hydrogens is 246 g/mol. The number of aliphatic hydroxyl groups is 1. The second kappa shape index (κ2) is 5.80. The van der Waals surface area contributed by atoms with Crippen LogP contribution in [0.2, 0.25) is 0 Å². The lowest BCUT2D eigenvalue weighted by molar-refractivity contribution is 0.0928. The molecule has 2 aromatic rings. The van der Waals surface area contributed by atoms with E-state index in [9.17, 15) is 9.90 Å². The van der Waals surface area contributed by atoms with Gasteiger partial charge in [-0.2, -0.15) is 0 Å². The van der Waals surface area contributed by atoms with Gasteiger partial charge in [0.05, 0.1) is 11.0 Å². The number of hydrogen-bond acceptors (Lipinski definition) is 3. The minimum absolute atomic E-state index is 0.134. The van der Waals surface area contributed by atoms with Crippen LogP contribution in [0.15, 0.2) is 41.8 Å². The fourth-order valence-electron chi connectivity index (χ4n) is 1.65. The SMILES string of the molecule is C[C@@H](O)CNC(=O)c1sccc1-c1ccccc1. The lowest BCUT2D eigenvalue weighted by Gasteiger charge is -2.07. The van der Waals surface area contributed by atoms with Crippen LogP contribution >= 0.6 is 11.3 Å². The van der Waals surface area contributed by atoms with Crippen molar-refractivity contribution in [2.75, 3.05) is 6.54 Å². The first kappa shape index (κ1) is 12.8. The molecule has 0 aliphatic heterocycles. The van der Waals surface area contributed by atoms with Crippen molar-refractivity contribution in [3.05, 3.63) is 46.7 Å². The van der Waals surface area contributed by atoms with Crippen LogP contribution in [0.1, 0.15) is 16.6 Å². The van der Waals surface area contributed by atoms with Gasteiger partial charge in [0.15, 0.2) is 0 Å². The average Bonchev–Trinajstić information content (AvgIpc) is 2.86. The molecule has 1 heterocycles. The Balaban J connectivity index is 2.20. The molecule has 4 heteroatoms. The molecule has 18 heavy (non-hydrogen) atoms. The number of aliphatic hydroxyl groups excluding tert-OH is 1. The summed E-state index contributed by atoms with van der Waals surface area (Å²) >= 11 is 1.41. The highest BCUT2D eigenvalue weighted by molar-refractivity contribution is 7.12. The van der Waals surface area contributed by atoms with E-state index in [1.54, 1.807) is 6.92 Å². The molecule has 0 fully saturated rings. The Morgan fingerprint density at radius 2 is 2.06 bits per heavy atom. The van der Waals surface area contributed by atoms with E-state index in [4.69, 9.17) is 0 Å². The third kappa shape index (κ3) is 2.97. The molecule has 2 rings (SSSR count). The van der Waals surface area contributed by atoms with Gasteiger partial charge in [-0.1, -0.05) is 30.3 Å². The number of nitrogens with one attached hydrogen (secondary N) is 1. The van der Waals surface area contributed by atoms with E-state index in [2.05, 4.69) is 5.32 Å². The molecule has 1 amide bonds. The highest BCUT2D eigenvalue weighted by Crippen LogP contribution is 2.27. The molecule has 0 radical (unpaired) electrons. The fraction of sp³-hybridized carbons (Fsp3) is 0.214. The number of benzene rings is 1. The van der Waals surface area contributed by atoms with Crippen molar-refractivity contribution in [1.29, 1.82) is 0 Å². The Labute approximate surface area is 110 Å². The van der Waals surface area contributed by atoms with Crippen LogP contribution in [0.3, 0.4) is 0 Å². The molecule has 3 nitrogen and oxygen atoms in total. The van der Waals surface area contributed by atoms with Crippen LogP contribution in [-0.4, -0.2) is 23.7 Å². The molecular formula is C14H15NO2S. The smallest absolute Gasteiger partial charge is 0.262 e. The van der Waals surface area contributed by atoms with Gasteiger partial charge in [-0.3, -0.25) is 4.79 Å². The topological polar surface area (TPSA) is 49.3 Å². The number of thiophene rings is 1. The fourth-order valence-corrected chi connectivity index (χ4v) is 2.48. The molecule has 0 saturated heterocycles. The van der Waals surface area contributed by atoms with Crippen LogP contribution in [0.5, 0.6) is 0 Å². The Morgan fingerprint density at radius 3 is 2.72 bits per heavy atom. The summed E-state index contributed by atoms with van der Waals surface area (Å²) in [5, 5.41) is 13.8. The van der Waals surface area contributed by atoms with Gasteiger partial charge in [0, 0.05) is 12.1 Å². The number of amides is 1. The third-order valence-corrected chi connectivity index (χ3v) is 3.43. The van der Waals surface area contributed by atoms with Crippen molar-refractivity contribution in [3.63, 3.8) is 0 Å². The maximum atomic E-state index is 12.0. The maximum Gasteiger partial charge on any atom is 0.262 e. The van der Waals surface area contributed by atoms with Gasteiger partial charge in [0.25, 0.3) is 5.91 Å². The zero-order chi connectivity index (χ0) is 13.0. The standard InChI is InChI=1S/C14H15NO2S/c1-10(16)9-15-14(17)13-12(7-8-18-13)11-5-3-2-4-6-11/h2-8,10,16H,9H2,1H3,(H,15,17)/t10-/m1/s1. The summed E-state index contributed by atoms with van der Waals surface area (Å²) in [5.74, 6) is -0.134. The Hall–Kier alpha value is -1.65. The number of carbonyl (C=O) groups is 1. The summed E-state index contributed by atoms with van der Waals surface area (Å²) in [6.45, 7) is 1.91. The summed E-state index contributed by atoms with van der Waals surface area (Å²) < 4.78 is 0. The van der Waals surface area contributed by atoms with Crippen LogP contribution in [0.4, 0.5) is 0 Å². The van der Waals surface area contributed by atoms with Crippen molar-refractivity contribution in [3.8, 4) is 11.1 Å². The summed E-state index contributed by atoms with van der Waals surface area (Å²) in [4.78, 5) is 12.7. The third-order valence-electron chi connectivity index (χ3n) is 2.51. The second-order valence-electron chi connectivity index (χ2n) is 4.09. The molecule has 0 bridgehead atoms. The first-order chi connectivity index (χ1) is 8.68. The maximum absolute atomic E-state index is 12.0. The zero-order valence-electron chi connectivity index (χ0n) is 10.1. The van der Waals surface area contributed by atoms with Crippen molar-refractivity contribution in [2.45, 2.75) is 13.0 Å². The van der Waals surface area contributed by atoms with Gasteiger partial charge in [-0.25, -0.2) is 0 Å². The van der Waals surface area contributed by atoms with Crippen LogP contribution < -0.4 is 5.32 Å². The minimum Gasteiger partial charge on any atom is -0.392 e. The van der Waals surface area contributed by atoms with Crippen molar-refractivity contribution in [2.24, 2.45) is 0 Å². The average molecular weight is 261 g/mol. The summed E-state index contributed by atoms with van der Waals surface area (Å²) in [5.41, 5.74) is 1.96. The molecule has 94 valence electrons. The number of carbonyl (C=O) groups excluding carboxylic acids is 1. The lowest BCUT2D eigenvalue weighted by atomic mass is 10.1. The molecule has 1 aromatic heterocycles. The molecule has 0 aliphatic rings. The predicted octanol–water partition coefficient (Wildman–Crippen LogP) is 2.53. The van der Waals surface area contributed by atoms with Gasteiger partial charge in [-0.15, -0.1) is 11.3 Å². The van der Waals surface area contributed by atoms with Crippen molar-refractivity contribution >= 4 is 17.2 Å². The van der Waals surface area contributed by atoms with E-state index < -0.39 is 6.10 Å². The minimum atomic E-state index is -0.533. The van der Waals surface area contributed by atoms with E-state index in [-0.39, 0.29) is 12.5 Å². The van der Waals surface area contributed by atoms with Gasteiger partial charge in [0.1, 0.15) is 0 Å². The highest BCUT2D eigenvalue weighted by Gasteiger charge is 2.14. The largest absolute Gasteiger partial charge is 0.392 e. The van der Waals surface area contributed by atoms with E-state index in [1.807, 2.05) is 41.8 Å². The van der Waals surface area contributed by atoms with E-state index in [0.717, 1.165) is 11.1 Å². The van der Waals surface area contributed by atoms with Crippen molar-refractivity contribution in [1.82, 2.24) is 5.32 Å². The van der Waals surface area contributed by atoms with Gasteiger partial charge >= 0.3 is 0 Å². The molecule has 1 aromatic carbocycles. The van der Waals surface area contributed by atoms with E-state index >= 15 is 0 Å². The van der Waals surface area contributed by atoms with Crippen molar-refractivity contribution < 1.29 is 9.90 Å². The van der Waals surface area contributed by atoms with Crippen LogP contribution in [0, 0.1) is 0 Å². The second-order valence-corrected chi connectivity index (χ2v) is 5.00. The van der Waals surface area contributed by atoms with Crippen LogP contribution in [0.25, 0.3) is 11.1 Å². The first-order valence-corrected chi connectivity index (χ1v) is 6.65. The molecule has 0 saturated carbocycles. The van der Waals surface area contributed by atoms with Gasteiger partial charge in [0.2, 0.25) is 0 Å². The number of hydrogen-bond donors (Lipinski definition) is 2. The molecule has 1 atom stereocenters. The summed E-state index contributed by atoms with van der Waals surface area (Å²) in [6, 6.07) is 11.7. The Bertz CT molecular complexity index is 520. The molecule has 0 spiro atoms. The Kier molecular flexibility index (Phi) is 4.12. The molecule has 2 N–H and O–H groups in total. The lowest BCUT2D eigenvalue weighted by Crippen LogP contribution is -2.30. The normalized spacial score (nSPS) is 12.1. The summed E-state index contributed by atoms with van der Waals surface area (Å²) in [6.07, 6.45) is -0.533. The molecule has 0 aliphatic carbocycles. The van der Waals surface area contributed by atoms with Gasteiger partial charge < -0.3 is 10.4 Å². The van der Waals surface area contributed by atoms with E-state index in [1.165, 1.54) is 11.3 Å². The number of rotatable bonds is 4. The van der Waals surface area contributed by atoms with Gasteiger partial charge in [-0.05, 0) is 23.9 Å². The Morgan fingerprint density at radius 1 is 1.33 bits per heavy atom. The quantitative estimate of drug-likeness (QED) is 0.888. The summed E-state index contributed by atoms with van der Waals surface area (Å²) in [7, 11) is 0.